The second-order valence-electron chi connectivity index (χ2n) is 9.96. The standard InChI is InChI=1S/C33H38N2O8/c1-19-28(40-5)22(16-26(38-3)30(19)42-7)14-24-33(37)35(18-21-12-10-9-11-13-21)25(32(36)34-24)15-23-17-27(39-4)31(43-8)20(2)29(23)41-6/h9-13,15-17,24H,14,18H2,1-8H3,(H,34,36)/b25-15-. The van der Waals surface area contributed by atoms with Crippen LogP contribution in [0.4, 0.5) is 0 Å². The van der Waals surface area contributed by atoms with Gasteiger partial charge in [0.2, 0.25) is 5.91 Å². The molecule has 1 atom stereocenters. The first-order valence-corrected chi connectivity index (χ1v) is 13.7. The minimum Gasteiger partial charge on any atom is -0.496 e. The van der Waals surface area contributed by atoms with Crippen LogP contribution in [-0.4, -0.2) is 65.4 Å². The molecule has 1 aliphatic rings. The number of nitrogens with zero attached hydrogens (tertiary/aromatic N) is 1. The maximum Gasteiger partial charge on any atom is 0.268 e. The summed E-state index contributed by atoms with van der Waals surface area (Å²) in [6.07, 6.45) is 1.81. The van der Waals surface area contributed by atoms with E-state index in [0.29, 0.717) is 51.2 Å². The molecule has 228 valence electrons. The fourth-order valence-electron chi connectivity index (χ4n) is 5.52. The molecule has 2 amide bonds. The molecule has 0 spiro atoms. The highest BCUT2D eigenvalue weighted by atomic mass is 16.5. The van der Waals surface area contributed by atoms with Crippen molar-refractivity contribution in [3.05, 3.63) is 76.0 Å². The van der Waals surface area contributed by atoms with E-state index in [4.69, 9.17) is 28.4 Å². The molecule has 1 unspecified atom stereocenters. The van der Waals surface area contributed by atoms with E-state index < -0.39 is 11.9 Å². The Labute approximate surface area is 252 Å². The maximum atomic E-state index is 14.2. The third-order valence-electron chi connectivity index (χ3n) is 7.50. The Kier molecular flexibility index (Phi) is 9.70. The summed E-state index contributed by atoms with van der Waals surface area (Å²) in [4.78, 5) is 29.5. The van der Waals surface area contributed by atoms with Gasteiger partial charge in [0.25, 0.3) is 5.91 Å². The van der Waals surface area contributed by atoms with Crippen molar-refractivity contribution in [2.45, 2.75) is 32.9 Å². The highest BCUT2D eigenvalue weighted by molar-refractivity contribution is 6.07. The van der Waals surface area contributed by atoms with Crippen LogP contribution in [0.15, 0.2) is 48.2 Å². The smallest absolute Gasteiger partial charge is 0.268 e. The van der Waals surface area contributed by atoms with Crippen molar-refractivity contribution in [2.24, 2.45) is 0 Å². The van der Waals surface area contributed by atoms with Crippen LogP contribution in [0.25, 0.3) is 6.08 Å². The SMILES string of the molecule is COc1cc(/C=C2/C(=O)NC(Cc3cc(OC)c(OC)c(C)c3OC)C(=O)N2Cc2ccccc2)c(OC)c(C)c1OC. The zero-order valence-electron chi connectivity index (χ0n) is 25.8. The fraction of sp³-hybridized carbons (Fsp3) is 0.333. The Morgan fingerprint density at radius 2 is 1.30 bits per heavy atom. The largest absolute Gasteiger partial charge is 0.496 e. The Morgan fingerprint density at radius 3 is 1.86 bits per heavy atom. The van der Waals surface area contributed by atoms with Crippen LogP contribution in [0.3, 0.4) is 0 Å². The van der Waals surface area contributed by atoms with Gasteiger partial charge in [-0.25, -0.2) is 0 Å². The van der Waals surface area contributed by atoms with Crippen LogP contribution >= 0.6 is 0 Å². The molecule has 43 heavy (non-hydrogen) atoms. The summed E-state index contributed by atoms with van der Waals surface area (Å²) in [5.74, 6) is 2.40. The molecule has 4 rings (SSSR count). The number of ether oxygens (including phenoxy) is 6. The second kappa shape index (κ2) is 13.4. The molecule has 0 saturated carbocycles. The zero-order valence-corrected chi connectivity index (χ0v) is 25.8. The maximum absolute atomic E-state index is 14.2. The number of rotatable bonds is 11. The Morgan fingerprint density at radius 1 is 0.744 bits per heavy atom. The second-order valence-corrected chi connectivity index (χ2v) is 9.96. The van der Waals surface area contributed by atoms with Crippen molar-refractivity contribution < 1.29 is 38.0 Å². The normalized spacial score (nSPS) is 15.7. The summed E-state index contributed by atoms with van der Waals surface area (Å²) in [6.45, 7) is 3.88. The van der Waals surface area contributed by atoms with Gasteiger partial charge in [-0.1, -0.05) is 30.3 Å². The van der Waals surface area contributed by atoms with E-state index in [1.807, 2.05) is 44.2 Å². The van der Waals surface area contributed by atoms with Gasteiger partial charge in [-0.3, -0.25) is 9.59 Å². The number of hydrogen-bond acceptors (Lipinski definition) is 8. The van der Waals surface area contributed by atoms with Gasteiger partial charge in [-0.05, 0) is 37.6 Å². The first-order chi connectivity index (χ1) is 20.7. The number of hydrogen-bond donors (Lipinski definition) is 1. The lowest BCUT2D eigenvalue weighted by molar-refractivity contribution is -0.140. The molecule has 10 nitrogen and oxygen atoms in total. The molecule has 1 heterocycles. The highest BCUT2D eigenvalue weighted by Gasteiger charge is 2.38. The molecule has 0 bridgehead atoms. The molecule has 0 aliphatic carbocycles. The predicted molar refractivity (Wildman–Crippen MR) is 162 cm³/mol. The minimum absolute atomic E-state index is 0.172. The van der Waals surface area contributed by atoms with E-state index in [1.165, 1.54) is 12.0 Å². The minimum atomic E-state index is -0.867. The average Bonchev–Trinajstić information content (AvgIpc) is 3.01. The molecular weight excluding hydrogens is 552 g/mol. The average molecular weight is 591 g/mol. The number of methoxy groups -OCH3 is 6. The van der Waals surface area contributed by atoms with Gasteiger partial charge in [0.1, 0.15) is 23.2 Å². The van der Waals surface area contributed by atoms with E-state index in [0.717, 1.165) is 11.1 Å². The van der Waals surface area contributed by atoms with Crippen LogP contribution in [0.5, 0.6) is 34.5 Å². The van der Waals surface area contributed by atoms with Crippen molar-refractivity contribution in [2.75, 3.05) is 42.7 Å². The molecule has 10 heteroatoms. The topological polar surface area (TPSA) is 105 Å². The van der Waals surface area contributed by atoms with E-state index >= 15 is 0 Å². The molecule has 1 fully saturated rings. The molecular formula is C33H38N2O8. The number of amides is 2. The number of carbonyl (C=O) groups is 2. The lowest BCUT2D eigenvalue weighted by atomic mass is 9.97. The lowest BCUT2D eigenvalue weighted by Crippen LogP contribution is -2.57. The molecule has 3 aromatic carbocycles. The van der Waals surface area contributed by atoms with Crippen LogP contribution in [0, 0.1) is 13.8 Å². The summed E-state index contributed by atoms with van der Waals surface area (Å²) >= 11 is 0. The molecule has 1 saturated heterocycles. The monoisotopic (exact) mass is 590 g/mol. The summed E-state index contributed by atoms with van der Waals surface area (Å²) in [5, 5.41) is 2.92. The number of carbonyl (C=O) groups excluding carboxylic acids is 2. The molecule has 1 aliphatic heterocycles. The van der Waals surface area contributed by atoms with Gasteiger partial charge in [0, 0.05) is 28.7 Å². The molecule has 0 radical (unpaired) electrons. The summed E-state index contributed by atoms with van der Waals surface area (Å²) < 4.78 is 33.5. The van der Waals surface area contributed by atoms with Crippen molar-refractivity contribution in [3.8, 4) is 34.5 Å². The first-order valence-electron chi connectivity index (χ1n) is 13.7. The van der Waals surface area contributed by atoms with Gasteiger partial charge in [0.15, 0.2) is 23.0 Å². The molecule has 1 N–H and O–H groups in total. The highest BCUT2D eigenvalue weighted by Crippen LogP contribution is 2.42. The van der Waals surface area contributed by atoms with E-state index in [9.17, 15) is 9.59 Å². The fourth-order valence-corrected chi connectivity index (χ4v) is 5.52. The van der Waals surface area contributed by atoms with E-state index in [1.54, 1.807) is 53.8 Å². The molecule has 3 aromatic rings. The first kappa shape index (κ1) is 31.1. The quantitative estimate of drug-likeness (QED) is 0.327. The number of piperazine rings is 1. The van der Waals surface area contributed by atoms with Gasteiger partial charge in [-0.15, -0.1) is 0 Å². The Bertz CT molecular complexity index is 1530. The number of benzene rings is 3. The predicted octanol–water partition coefficient (Wildman–Crippen LogP) is 4.47. The van der Waals surface area contributed by atoms with Crippen molar-refractivity contribution in [3.63, 3.8) is 0 Å². The van der Waals surface area contributed by atoms with Crippen LogP contribution in [-0.2, 0) is 22.6 Å². The van der Waals surface area contributed by atoms with Crippen molar-refractivity contribution in [1.82, 2.24) is 10.2 Å². The summed E-state index contributed by atoms with van der Waals surface area (Å²) in [6, 6.07) is 12.1. The number of nitrogens with one attached hydrogen (secondary N) is 1. The summed E-state index contributed by atoms with van der Waals surface area (Å²) in [5.41, 5.74) is 3.72. The zero-order chi connectivity index (χ0) is 31.3. The van der Waals surface area contributed by atoms with Crippen molar-refractivity contribution >= 4 is 17.9 Å². The molecule has 0 aromatic heterocycles. The summed E-state index contributed by atoms with van der Waals surface area (Å²) in [7, 11) is 9.28. The van der Waals surface area contributed by atoms with E-state index in [2.05, 4.69) is 5.32 Å². The van der Waals surface area contributed by atoms with Gasteiger partial charge < -0.3 is 38.6 Å². The van der Waals surface area contributed by atoms with Gasteiger partial charge >= 0.3 is 0 Å². The van der Waals surface area contributed by atoms with Gasteiger partial charge in [-0.2, -0.15) is 0 Å². The van der Waals surface area contributed by atoms with Crippen LogP contribution < -0.4 is 33.7 Å². The third kappa shape index (κ3) is 6.04. The third-order valence-corrected chi connectivity index (χ3v) is 7.50. The van der Waals surface area contributed by atoms with Gasteiger partial charge in [0.05, 0.1) is 49.2 Å². The lowest BCUT2D eigenvalue weighted by Gasteiger charge is -2.35. The Hall–Kier alpha value is -4.86. The van der Waals surface area contributed by atoms with Crippen LogP contribution in [0.2, 0.25) is 0 Å². The van der Waals surface area contributed by atoms with E-state index in [-0.39, 0.29) is 24.6 Å². The van der Waals surface area contributed by atoms with Crippen molar-refractivity contribution in [1.29, 1.82) is 0 Å². The Balaban J connectivity index is 1.81. The van der Waals surface area contributed by atoms with Crippen LogP contribution in [0.1, 0.15) is 27.8 Å².